The highest BCUT2D eigenvalue weighted by Gasteiger charge is 2.10. The van der Waals surface area contributed by atoms with Gasteiger partial charge in [0.05, 0.1) is 11.4 Å². The van der Waals surface area contributed by atoms with Crippen molar-refractivity contribution in [3.8, 4) is 0 Å². The summed E-state index contributed by atoms with van der Waals surface area (Å²) in [5, 5.41) is 0. The molecule has 0 atom stereocenters. The first-order chi connectivity index (χ1) is 11.0. The second-order valence-corrected chi connectivity index (χ2v) is 6.37. The summed E-state index contributed by atoms with van der Waals surface area (Å²) in [7, 11) is 0. The van der Waals surface area contributed by atoms with Crippen molar-refractivity contribution >= 4 is 11.4 Å². The van der Waals surface area contributed by atoms with Crippen molar-refractivity contribution in [2.75, 3.05) is 10.9 Å². The number of hydrogen-bond donors (Lipinski definition) is 2. The van der Waals surface area contributed by atoms with Crippen LogP contribution in [-0.4, -0.2) is 0 Å². The van der Waals surface area contributed by atoms with Crippen LogP contribution in [0.5, 0.6) is 0 Å². The van der Waals surface area contributed by atoms with Crippen LogP contribution in [0.4, 0.5) is 11.4 Å². The van der Waals surface area contributed by atoms with Gasteiger partial charge in [-0.25, -0.2) is 0 Å². The van der Waals surface area contributed by atoms with Crippen LogP contribution in [0.3, 0.4) is 0 Å². The van der Waals surface area contributed by atoms with Crippen LogP contribution in [-0.2, 0) is 19.3 Å². The second kappa shape index (κ2) is 7.54. The van der Waals surface area contributed by atoms with E-state index in [0.717, 1.165) is 19.3 Å². The molecule has 0 saturated heterocycles. The molecule has 0 fully saturated rings. The number of benzene rings is 2. The molecule has 0 aliphatic carbocycles. The molecule has 0 aliphatic heterocycles. The van der Waals surface area contributed by atoms with E-state index in [-0.39, 0.29) is 0 Å². The minimum absolute atomic E-state index is 1.04. The van der Waals surface area contributed by atoms with Gasteiger partial charge in [0.15, 0.2) is 0 Å². The Balaban J connectivity index is 2.34. The van der Waals surface area contributed by atoms with Crippen molar-refractivity contribution in [1.29, 1.82) is 0 Å². The summed E-state index contributed by atoms with van der Waals surface area (Å²) in [6.45, 7) is 13.1. The molecule has 2 N–H and O–H groups in total. The predicted molar refractivity (Wildman–Crippen MR) is 102 cm³/mol. The molecule has 0 radical (unpaired) electrons. The summed E-state index contributed by atoms with van der Waals surface area (Å²) in [6, 6.07) is 9.10. The second-order valence-electron chi connectivity index (χ2n) is 6.37. The molecule has 124 valence electrons. The summed E-state index contributed by atoms with van der Waals surface area (Å²) >= 11 is 0. The molecule has 2 aromatic carbocycles. The molecular formula is C21H30N2. The predicted octanol–water partition coefficient (Wildman–Crippen LogP) is 5.74. The molecule has 0 amide bonds. The van der Waals surface area contributed by atoms with Crippen molar-refractivity contribution in [3.63, 3.8) is 0 Å². The minimum atomic E-state index is 1.04. The Bertz CT molecular complexity index is 638. The molecule has 0 bridgehead atoms. The van der Waals surface area contributed by atoms with E-state index in [9.17, 15) is 0 Å². The fraction of sp³-hybridized carbons (Fsp3) is 0.429. The summed E-state index contributed by atoms with van der Waals surface area (Å²) in [5.41, 5.74) is 17.4. The summed E-state index contributed by atoms with van der Waals surface area (Å²) in [5.74, 6) is 0. The molecule has 0 spiro atoms. The molecule has 2 aromatic rings. The lowest BCUT2D eigenvalue weighted by molar-refractivity contribution is 1.04. The average molecular weight is 310 g/mol. The third kappa shape index (κ3) is 3.87. The third-order valence-corrected chi connectivity index (χ3v) is 4.52. The maximum Gasteiger partial charge on any atom is 0.0603 e. The first-order valence-corrected chi connectivity index (χ1v) is 8.74. The van der Waals surface area contributed by atoms with Crippen molar-refractivity contribution in [3.05, 3.63) is 57.6 Å². The first kappa shape index (κ1) is 17.4. The van der Waals surface area contributed by atoms with Gasteiger partial charge in [0.25, 0.3) is 0 Å². The number of nitrogens with one attached hydrogen (secondary N) is 2. The zero-order valence-electron chi connectivity index (χ0n) is 15.4. The lowest BCUT2D eigenvalue weighted by Crippen LogP contribution is -2.15. The van der Waals surface area contributed by atoms with E-state index in [1.807, 2.05) is 0 Å². The molecule has 23 heavy (non-hydrogen) atoms. The molecule has 0 saturated carbocycles. The zero-order valence-corrected chi connectivity index (χ0v) is 15.4. The van der Waals surface area contributed by atoms with Gasteiger partial charge in [-0.15, -0.1) is 0 Å². The van der Waals surface area contributed by atoms with Crippen LogP contribution in [0.15, 0.2) is 24.3 Å². The smallest absolute Gasteiger partial charge is 0.0603 e. The molecule has 2 rings (SSSR count). The quantitative estimate of drug-likeness (QED) is 0.665. The molecule has 0 aromatic heterocycles. The van der Waals surface area contributed by atoms with E-state index in [2.05, 4.69) is 76.7 Å². The molecule has 0 unspecified atom stereocenters. The van der Waals surface area contributed by atoms with Crippen LogP contribution >= 0.6 is 0 Å². The lowest BCUT2D eigenvalue weighted by Gasteiger charge is -2.20. The van der Waals surface area contributed by atoms with Crippen LogP contribution in [0.2, 0.25) is 0 Å². The Morgan fingerprint density at radius 2 is 1.13 bits per heavy atom. The number of hydrogen-bond acceptors (Lipinski definition) is 2. The van der Waals surface area contributed by atoms with E-state index in [1.54, 1.807) is 0 Å². The van der Waals surface area contributed by atoms with Gasteiger partial charge in [-0.2, -0.15) is 0 Å². The van der Waals surface area contributed by atoms with Crippen molar-refractivity contribution < 1.29 is 0 Å². The highest BCUT2D eigenvalue weighted by atomic mass is 15.4. The summed E-state index contributed by atoms with van der Waals surface area (Å²) in [6.07, 6.45) is 3.16. The van der Waals surface area contributed by atoms with E-state index < -0.39 is 0 Å². The number of aryl methyl sites for hydroxylation is 6. The standard InChI is InChI=1S/C21H30N2/c1-7-17-12-18(8-2)21(19(9-3)13-17)23-22-20-15(5)10-14(4)11-16(20)6/h10-13,22-23H,7-9H2,1-6H3. The Labute approximate surface area is 141 Å². The fourth-order valence-corrected chi connectivity index (χ4v) is 3.26. The Morgan fingerprint density at radius 3 is 1.57 bits per heavy atom. The monoisotopic (exact) mass is 310 g/mol. The van der Waals surface area contributed by atoms with Crippen LogP contribution in [0, 0.1) is 20.8 Å². The van der Waals surface area contributed by atoms with Crippen molar-refractivity contribution in [2.45, 2.75) is 60.8 Å². The number of anilines is 2. The summed E-state index contributed by atoms with van der Waals surface area (Å²) < 4.78 is 0. The Morgan fingerprint density at radius 1 is 0.652 bits per heavy atom. The van der Waals surface area contributed by atoms with E-state index in [1.165, 1.54) is 44.8 Å². The number of rotatable bonds is 6. The van der Waals surface area contributed by atoms with Gasteiger partial charge in [-0.1, -0.05) is 50.6 Å². The Hall–Kier alpha value is -1.96. The molecule has 0 heterocycles. The van der Waals surface area contributed by atoms with E-state index in [0.29, 0.717) is 0 Å². The van der Waals surface area contributed by atoms with Gasteiger partial charge in [-0.05, 0) is 67.9 Å². The zero-order chi connectivity index (χ0) is 17.0. The molecule has 2 heteroatoms. The highest BCUT2D eigenvalue weighted by Crippen LogP contribution is 2.27. The SMILES string of the molecule is CCc1cc(CC)c(NNc2c(C)cc(C)cc2C)c(CC)c1. The van der Waals surface area contributed by atoms with Crippen molar-refractivity contribution in [1.82, 2.24) is 0 Å². The van der Waals surface area contributed by atoms with Crippen molar-refractivity contribution in [2.24, 2.45) is 0 Å². The average Bonchev–Trinajstić information content (AvgIpc) is 2.53. The molecule has 2 nitrogen and oxygen atoms in total. The topological polar surface area (TPSA) is 24.1 Å². The lowest BCUT2D eigenvalue weighted by atomic mass is 9.98. The van der Waals surface area contributed by atoms with Gasteiger partial charge < -0.3 is 10.9 Å². The van der Waals surface area contributed by atoms with Crippen LogP contribution in [0.25, 0.3) is 0 Å². The highest BCUT2D eigenvalue weighted by molar-refractivity contribution is 5.66. The van der Waals surface area contributed by atoms with Gasteiger partial charge in [0, 0.05) is 0 Å². The van der Waals surface area contributed by atoms with E-state index >= 15 is 0 Å². The number of hydrazine groups is 1. The van der Waals surface area contributed by atoms with Gasteiger partial charge in [0.1, 0.15) is 0 Å². The minimum Gasteiger partial charge on any atom is -0.300 e. The van der Waals surface area contributed by atoms with Crippen LogP contribution in [0.1, 0.15) is 54.2 Å². The molecule has 0 aliphatic rings. The summed E-state index contributed by atoms with van der Waals surface area (Å²) in [4.78, 5) is 0. The molecular weight excluding hydrogens is 280 g/mol. The maximum absolute atomic E-state index is 3.50. The fourth-order valence-electron chi connectivity index (χ4n) is 3.26. The maximum atomic E-state index is 3.50. The van der Waals surface area contributed by atoms with E-state index in [4.69, 9.17) is 0 Å². The third-order valence-electron chi connectivity index (χ3n) is 4.52. The van der Waals surface area contributed by atoms with Gasteiger partial charge in [-0.3, -0.25) is 0 Å². The van der Waals surface area contributed by atoms with Crippen LogP contribution < -0.4 is 10.9 Å². The van der Waals surface area contributed by atoms with Gasteiger partial charge >= 0.3 is 0 Å². The van der Waals surface area contributed by atoms with Gasteiger partial charge in [0.2, 0.25) is 0 Å². The Kier molecular flexibility index (Phi) is 5.70. The normalized spacial score (nSPS) is 10.7. The largest absolute Gasteiger partial charge is 0.300 e. The first-order valence-electron chi connectivity index (χ1n) is 8.74.